The standard InChI is InChI=1S/C54H107N2O6P/c1-6-8-10-12-14-16-18-20-22-24-26-28-30-32-34-36-38-40-42-44-46-48-54(58)55-52(51-62-63(59,60)61-50-49-56(3,4)5)53(57)47-45-43-41-39-37-35-33-31-29-27-25-23-21-19-17-15-13-11-9-7-2/h24,26,45,47,52-53,57H,6-23,25,27-44,46,48-51H2,1-5H3,(H-,55,58,59,60)/p+1/b26-24-,47-45+. The first-order valence-electron chi connectivity index (χ1n) is 27.2. The van der Waals surface area contributed by atoms with Gasteiger partial charge in [-0.3, -0.25) is 13.8 Å². The van der Waals surface area contributed by atoms with Gasteiger partial charge in [0.15, 0.2) is 0 Å². The Bertz CT molecular complexity index is 1080. The summed E-state index contributed by atoms with van der Waals surface area (Å²) < 4.78 is 23.7. The maximum atomic E-state index is 13.0. The second-order valence-electron chi connectivity index (χ2n) is 20.0. The molecule has 9 heteroatoms. The van der Waals surface area contributed by atoms with Crippen LogP contribution in [-0.4, -0.2) is 73.4 Å². The van der Waals surface area contributed by atoms with Gasteiger partial charge < -0.3 is 19.8 Å². The van der Waals surface area contributed by atoms with E-state index < -0.39 is 20.0 Å². The van der Waals surface area contributed by atoms with Crippen LogP contribution in [0.2, 0.25) is 0 Å². The SMILES string of the molecule is CCCCCCCCCC/C=C\CCCCCCCCCCCC(=O)NC(COP(=O)(O)OCC[N+](C)(C)C)C(O)/C=C/CCCCCCCCCCCCCCCCCCCC. The van der Waals surface area contributed by atoms with Crippen molar-refractivity contribution in [3.05, 3.63) is 24.3 Å². The quantitative estimate of drug-likeness (QED) is 0.0243. The third-order valence-corrected chi connectivity index (χ3v) is 13.4. The number of hydrogen-bond acceptors (Lipinski definition) is 5. The Hall–Kier alpha value is -1.02. The van der Waals surface area contributed by atoms with Crippen molar-refractivity contribution in [3.63, 3.8) is 0 Å². The largest absolute Gasteiger partial charge is 0.472 e. The number of phosphoric ester groups is 1. The van der Waals surface area contributed by atoms with Crippen LogP contribution in [0.4, 0.5) is 0 Å². The summed E-state index contributed by atoms with van der Waals surface area (Å²) in [7, 11) is 1.58. The summed E-state index contributed by atoms with van der Waals surface area (Å²) in [6, 6.07) is -0.845. The summed E-state index contributed by atoms with van der Waals surface area (Å²) >= 11 is 0. The minimum Gasteiger partial charge on any atom is -0.387 e. The van der Waals surface area contributed by atoms with Crippen LogP contribution in [0.3, 0.4) is 0 Å². The van der Waals surface area contributed by atoms with Crippen LogP contribution in [0.15, 0.2) is 24.3 Å². The zero-order valence-electron chi connectivity index (χ0n) is 42.6. The molecule has 3 unspecified atom stereocenters. The summed E-state index contributed by atoms with van der Waals surface area (Å²) in [4.78, 5) is 23.3. The molecule has 0 aliphatic rings. The van der Waals surface area contributed by atoms with Crippen molar-refractivity contribution >= 4 is 13.7 Å². The highest BCUT2D eigenvalue weighted by atomic mass is 31.2. The average Bonchev–Trinajstić information content (AvgIpc) is 3.24. The first-order valence-corrected chi connectivity index (χ1v) is 28.7. The number of allylic oxidation sites excluding steroid dienone is 3. The molecule has 0 aromatic heterocycles. The maximum Gasteiger partial charge on any atom is 0.472 e. The van der Waals surface area contributed by atoms with Crippen LogP contribution in [0, 0.1) is 0 Å². The molecule has 0 aliphatic carbocycles. The Morgan fingerprint density at radius 1 is 0.524 bits per heavy atom. The average molecular weight is 912 g/mol. The highest BCUT2D eigenvalue weighted by Crippen LogP contribution is 2.43. The minimum absolute atomic E-state index is 0.0627. The monoisotopic (exact) mass is 912 g/mol. The molecule has 3 N–H and O–H groups in total. The van der Waals surface area contributed by atoms with Crippen LogP contribution in [0.25, 0.3) is 0 Å². The smallest absolute Gasteiger partial charge is 0.387 e. The van der Waals surface area contributed by atoms with E-state index in [-0.39, 0.29) is 19.1 Å². The van der Waals surface area contributed by atoms with Crippen LogP contribution < -0.4 is 5.32 Å². The van der Waals surface area contributed by atoms with Crippen molar-refractivity contribution in [3.8, 4) is 0 Å². The molecule has 0 fully saturated rings. The fourth-order valence-corrected chi connectivity index (χ4v) is 8.83. The zero-order valence-corrected chi connectivity index (χ0v) is 43.5. The van der Waals surface area contributed by atoms with E-state index in [0.29, 0.717) is 17.4 Å². The number of aliphatic hydroxyl groups excluding tert-OH is 1. The summed E-state index contributed by atoms with van der Waals surface area (Å²) in [5.74, 6) is -0.176. The van der Waals surface area contributed by atoms with Gasteiger partial charge in [-0.15, -0.1) is 0 Å². The van der Waals surface area contributed by atoms with Crippen molar-refractivity contribution < 1.29 is 32.9 Å². The molecule has 0 rings (SSSR count). The van der Waals surface area contributed by atoms with Gasteiger partial charge in [0.1, 0.15) is 13.2 Å². The molecule has 0 aromatic carbocycles. The lowest BCUT2D eigenvalue weighted by molar-refractivity contribution is -0.870. The first-order chi connectivity index (χ1) is 30.5. The van der Waals surface area contributed by atoms with Gasteiger partial charge in [-0.1, -0.05) is 237 Å². The zero-order chi connectivity index (χ0) is 46.4. The number of nitrogens with one attached hydrogen (secondary N) is 1. The molecule has 0 heterocycles. The number of hydrogen-bond donors (Lipinski definition) is 3. The van der Waals surface area contributed by atoms with Gasteiger partial charge in [0.2, 0.25) is 5.91 Å². The van der Waals surface area contributed by atoms with Crippen molar-refractivity contribution in [1.29, 1.82) is 0 Å². The maximum absolute atomic E-state index is 13.0. The number of unbranched alkanes of at least 4 members (excludes halogenated alkanes) is 35. The van der Waals surface area contributed by atoms with Crippen molar-refractivity contribution in [2.24, 2.45) is 0 Å². The second-order valence-corrected chi connectivity index (χ2v) is 21.4. The number of carbonyl (C=O) groups excluding carboxylic acids is 1. The predicted molar refractivity (Wildman–Crippen MR) is 272 cm³/mol. The number of quaternary nitrogens is 1. The molecule has 374 valence electrons. The number of aliphatic hydroxyl groups is 1. The lowest BCUT2D eigenvalue weighted by Gasteiger charge is -2.25. The van der Waals surface area contributed by atoms with E-state index in [0.717, 1.165) is 38.5 Å². The van der Waals surface area contributed by atoms with Crippen LogP contribution in [-0.2, 0) is 18.4 Å². The van der Waals surface area contributed by atoms with E-state index in [1.807, 2.05) is 27.2 Å². The van der Waals surface area contributed by atoms with E-state index in [9.17, 15) is 19.4 Å². The lowest BCUT2D eigenvalue weighted by Crippen LogP contribution is -2.45. The molecule has 8 nitrogen and oxygen atoms in total. The Morgan fingerprint density at radius 2 is 0.857 bits per heavy atom. The first kappa shape index (κ1) is 62.0. The van der Waals surface area contributed by atoms with E-state index in [1.54, 1.807) is 6.08 Å². The van der Waals surface area contributed by atoms with Gasteiger partial charge in [-0.2, -0.15) is 0 Å². The normalized spacial score (nSPS) is 14.2. The lowest BCUT2D eigenvalue weighted by atomic mass is 10.0. The summed E-state index contributed by atoms with van der Waals surface area (Å²) in [5.41, 5.74) is 0. The summed E-state index contributed by atoms with van der Waals surface area (Å²) in [5, 5.41) is 13.9. The second kappa shape index (κ2) is 46.1. The van der Waals surface area contributed by atoms with Gasteiger partial charge in [0, 0.05) is 6.42 Å². The van der Waals surface area contributed by atoms with E-state index >= 15 is 0 Å². The van der Waals surface area contributed by atoms with Crippen LogP contribution in [0.5, 0.6) is 0 Å². The number of rotatable bonds is 50. The Balaban J connectivity index is 4.26. The van der Waals surface area contributed by atoms with E-state index in [4.69, 9.17) is 9.05 Å². The highest BCUT2D eigenvalue weighted by molar-refractivity contribution is 7.47. The molecule has 0 radical (unpaired) electrons. The molecule has 0 aliphatic heterocycles. The predicted octanol–water partition coefficient (Wildman–Crippen LogP) is 16.0. The Labute approximate surface area is 392 Å². The molecule has 0 saturated carbocycles. The summed E-state index contributed by atoms with van der Waals surface area (Å²) in [6.45, 7) is 4.85. The van der Waals surface area contributed by atoms with Crippen molar-refractivity contribution in [2.75, 3.05) is 40.9 Å². The number of phosphoric acid groups is 1. The molecular weight excluding hydrogens is 804 g/mol. The fraction of sp³-hybridized carbons (Fsp3) is 0.907. The van der Waals surface area contributed by atoms with Crippen molar-refractivity contribution in [1.82, 2.24) is 5.32 Å². The van der Waals surface area contributed by atoms with Crippen LogP contribution >= 0.6 is 7.82 Å². The molecule has 3 atom stereocenters. The molecular formula is C54H108N2O6P+. The summed E-state index contributed by atoms with van der Waals surface area (Å²) in [6.07, 6.45) is 56.9. The number of nitrogens with zero attached hydrogens (tertiary/aromatic N) is 1. The number of carbonyl (C=O) groups is 1. The molecule has 0 saturated heterocycles. The molecule has 0 bridgehead atoms. The van der Waals surface area contributed by atoms with Gasteiger partial charge in [-0.05, 0) is 44.9 Å². The molecule has 63 heavy (non-hydrogen) atoms. The Morgan fingerprint density at radius 3 is 1.22 bits per heavy atom. The third-order valence-electron chi connectivity index (χ3n) is 12.4. The van der Waals surface area contributed by atoms with Gasteiger partial charge >= 0.3 is 7.82 Å². The Kier molecular flexibility index (Phi) is 45.4. The van der Waals surface area contributed by atoms with Gasteiger partial charge in [-0.25, -0.2) is 4.57 Å². The number of likely N-dealkylation sites (N-methyl/N-ethyl adjacent to an activating group) is 1. The minimum atomic E-state index is -4.34. The van der Waals surface area contributed by atoms with Crippen LogP contribution in [0.1, 0.15) is 264 Å². The van der Waals surface area contributed by atoms with Gasteiger partial charge in [0.05, 0.1) is 39.9 Å². The number of amides is 1. The molecule has 1 amide bonds. The highest BCUT2D eigenvalue weighted by Gasteiger charge is 2.27. The molecule has 0 aromatic rings. The van der Waals surface area contributed by atoms with Gasteiger partial charge in [0.25, 0.3) is 0 Å². The topological polar surface area (TPSA) is 105 Å². The van der Waals surface area contributed by atoms with Crippen molar-refractivity contribution in [2.45, 2.75) is 276 Å². The van der Waals surface area contributed by atoms with E-state index in [2.05, 4.69) is 31.3 Å². The third kappa shape index (κ3) is 48.7. The van der Waals surface area contributed by atoms with E-state index in [1.165, 1.54) is 205 Å². The molecule has 0 spiro atoms. The fourth-order valence-electron chi connectivity index (χ4n) is 8.10.